The van der Waals surface area contributed by atoms with E-state index in [1.807, 2.05) is 18.7 Å². The van der Waals surface area contributed by atoms with E-state index in [4.69, 9.17) is 24.4 Å². The number of carbonyl (C=O) groups excluding carboxylic acids is 1. The summed E-state index contributed by atoms with van der Waals surface area (Å²) in [6, 6.07) is 9.71. The standard InChI is InChI=1S/C26H37N5O5Si/c1-8-31(14-13-27)26-29-24(33-3)23(25(30-26)34-4)28-21(32)15-18-10-12-22(35-18)36-20-16-19(37(5,6)7)11-9-17(20)2/h9-12,16H,8,13-15,27H2,1-7H3,(H,28,32). The summed E-state index contributed by atoms with van der Waals surface area (Å²) in [5.41, 5.74) is 6.94. The predicted octanol–water partition coefficient (Wildman–Crippen LogP) is 3.70. The Morgan fingerprint density at radius 2 is 1.78 bits per heavy atom. The molecule has 11 heteroatoms. The van der Waals surface area contributed by atoms with Crippen molar-refractivity contribution >= 4 is 30.8 Å². The average molecular weight is 528 g/mol. The Hall–Kier alpha value is -3.57. The van der Waals surface area contributed by atoms with Crippen molar-refractivity contribution in [2.75, 3.05) is 44.1 Å². The molecule has 2 aromatic heterocycles. The number of benzene rings is 1. The van der Waals surface area contributed by atoms with Crippen molar-refractivity contribution < 1.29 is 23.4 Å². The summed E-state index contributed by atoms with van der Waals surface area (Å²) >= 11 is 0. The number of furan rings is 1. The van der Waals surface area contributed by atoms with Crippen LogP contribution in [0.3, 0.4) is 0 Å². The molecular formula is C26H37N5O5Si. The third-order valence-electron chi connectivity index (χ3n) is 5.78. The molecule has 0 spiro atoms. The monoisotopic (exact) mass is 527 g/mol. The highest BCUT2D eigenvalue weighted by Crippen LogP contribution is 2.34. The van der Waals surface area contributed by atoms with Gasteiger partial charge in [-0.05, 0) is 31.5 Å². The number of nitrogens with two attached hydrogens (primary N) is 1. The Balaban J connectivity index is 1.74. The fraction of sp³-hybridized carbons (Fsp3) is 0.423. The van der Waals surface area contributed by atoms with Crippen molar-refractivity contribution in [3.8, 4) is 23.5 Å². The highest BCUT2D eigenvalue weighted by atomic mass is 28.3. The summed E-state index contributed by atoms with van der Waals surface area (Å²) in [5, 5.41) is 4.08. The van der Waals surface area contributed by atoms with E-state index < -0.39 is 8.07 Å². The van der Waals surface area contributed by atoms with Gasteiger partial charge in [-0.3, -0.25) is 4.79 Å². The van der Waals surface area contributed by atoms with Crippen molar-refractivity contribution in [3.05, 3.63) is 41.7 Å². The van der Waals surface area contributed by atoms with Crippen LogP contribution in [0.4, 0.5) is 11.6 Å². The Morgan fingerprint density at radius 1 is 1.11 bits per heavy atom. The first-order valence-corrected chi connectivity index (χ1v) is 15.7. The fourth-order valence-corrected chi connectivity index (χ4v) is 4.79. The SMILES string of the molecule is CCN(CCN)c1nc(OC)c(NC(=O)Cc2ccc(Oc3cc([Si](C)(C)C)ccc3C)o2)c(OC)n1. The van der Waals surface area contributed by atoms with Crippen molar-refractivity contribution in [2.45, 2.75) is 39.9 Å². The van der Waals surface area contributed by atoms with Gasteiger partial charge in [0.2, 0.25) is 23.6 Å². The van der Waals surface area contributed by atoms with Gasteiger partial charge in [-0.25, -0.2) is 0 Å². The maximum Gasteiger partial charge on any atom is 0.290 e. The van der Waals surface area contributed by atoms with Gasteiger partial charge in [0.05, 0.1) is 28.7 Å². The molecule has 10 nitrogen and oxygen atoms in total. The molecule has 0 bridgehead atoms. The summed E-state index contributed by atoms with van der Waals surface area (Å²) in [6.45, 7) is 12.5. The molecule has 3 aromatic rings. The average Bonchev–Trinajstić information content (AvgIpc) is 3.29. The topological polar surface area (TPSA) is 125 Å². The number of amides is 1. The zero-order valence-corrected chi connectivity index (χ0v) is 23.7. The zero-order valence-electron chi connectivity index (χ0n) is 22.7. The number of carbonyl (C=O) groups is 1. The number of hydrogen-bond donors (Lipinski definition) is 2. The number of ether oxygens (including phenoxy) is 3. The lowest BCUT2D eigenvalue weighted by Crippen LogP contribution is -2.37. The maximum absolute atomic E-state index is 12.9. The number of aromatic nitrogens is 2. The van der Waals surface area contributed by atoms with Gasteiger partial charge in [0, 0.05) is 25.7 Å². The molecule has 0 aliphatic rings. The van der Waals surface area contributed by atoms with E-state index in [2.05, 4.69) is 53.1 Å². The molecule has 2 heterocycles. The molecule has 37 heavy (non-hydrogen) atoms. The highest BCUT2D eigenvalue weighted by Gasteiger charge is 2.22. The van der Waals surface area contributed by atoms with Gasteiger partial charge >= 0.3 is 0 Å². The van der Waals surface area contributed by atoms with Crippen LogP contribution in [0.15, 0.2) is 34.7 Å². The molecule has 0 atom stereocenters. The van der Waals surface area contributed by atoms with E-state index in [1.54, 1.807) is 12.1 Å². The minimum Gasteiger partial charge on any atom is -0.479 e. The van der Waals surface area contributed by atoms with E-state index in [1.165, 1.54) is 19.4 Å². The molecule has 200 valence electrons. The first-order valence-electron chi connectivity index (χ1n) is 12.2. The number of hydrogen-bond acceptors (Lipinski definition) is 9. The molecule has 3 N–H and O–H groups in total. The van der Waals surface area contributed by atoms with E-state index in [-0.39, 0.29) is 29.8 Å². The summed E-state index contributed by atoms with van der Waals surface area (Å²) in [6.07, 6.45) is -0.0282. The predicted molar refractivity (Wildman–Crippen MR) is 147 cm³/mol. The van der Waals surface area contributed by atoms with Crippen molar-refractivity contribution in [1.82, 2.24) is 9.97 Å². The Bertz CT molecular complexity index is 1200. The normalized spacial score (nSPS) is 11.2. The van der Waals surface area contributed by atoms with Gasteiger partial charge in [-0.15, -0.1) is 0 Å². The van der Waals surface area contributed by atoms with E-state index in [0.29, 0.717) is 37.3 Å². The Kier molecular flexibility index (Phi) is 9.17. The molecule has 1 amide bonds. The Labute approximate surface area is 219 Å². The molecule has 0 radical (unpaired) electrons. The van der Waals surface area contributed by atoms with E-state index in [9.17, 15) is 4.79 Å². The van der Waals surface area contributed by atoms with Crippen LogP contribution in [0.2, 0.25) is 19.6 Å². The lowest BCUT2D eigenvalue weighted by molar-refractivity contribution is -0.115. The van der Waals surface area contributed by atoms with Crippen LogP contribution in [0.5, 0.6) is 23.5 Å². The fourth-order valence-electron chi connectivity index (χ4n) is 3.64. The first kappa shape index (κ1) is 28.0. The molecule has 0 unspecified atom stereocenters. The van der Waals surface area contributed by atoms with Gasteiger partial charge in [0.15, 0.2) is 5.69 Å². The second-order valence-corrected chi connectivity index (χ2v) is 14.6. The van der Waals surface area contributed by atoms with Gasteiger partial charge in [0.25, 0.3) is 5.95 Å². The van der Waals surface area contributed by atoms with Crippen LogP contribution >= 0.6 is 0 Å². The van der Waals surface area contributed by atoms with Crippen molar-refractivity contribution in [2.24, 2.45) is 5.73 Å². The molecular weight excluding hydrogens is 490 g/mol. The van der Waals surface area contributed by atoms with Crippen LogP contribution in [0.25, 0.3) is 0 Å². The van der Waals surface area contributed by atoms with Gasteiger partial charge in [0.1, 0.15) is 11.5 Å². The molecule has 3 rings (SSSR count). The van der Waals surface area contributed by atoms with E-state index >= 15 is 0 Å². The van der Waals surface area contributed by atoms with Crippen LogP contribution in [0, 0.1) is 6.92 Å². The quantitative estimate of drug-likeness (QED) is 0.339. The van der Waals surface area contributed by atoms with Gasteiger partial charge in [-0.1, -0.05) is 37.0 Å². The minimum atomic E-state index is -1.49. The zero-order chi connectivity index (χ0) is 27.2. The van der Waals surface area contributed by atoms with Gasteiger partial charge in [-0.2, -0.15) is 9.97 Å². The lowest BCUT2D eigenvalue weighted by atomic mass is 10.2. The molecule has 0 saturated heterocycles. The number of rotatable bonds is 12. The maximum atomic E-state index is 12.9. The summed E-state index contributed by atoms with van der Waals surface area (Å²) in [7, 11) is 1.44. The Morgan fingerprint density at radius 3 is 2.35 bits per heavy atom. The smallest absolute Gasteiger partial charge is 0.290 e. The van der Waals surface area contributed by atoms with Crippen molar-refractivity contribution in [1.29, 1.82) is 0 Å². The third-order valence-corrected chi connectivity index (χ3v) is 7.83. The summed E-state index contributed by atoms with van der Waals surface area (Å²) in [4.78, 5) is 23.6. The second kappa shape index (κ2) is 12.1. The first-order chi connectivity index (χ1) is 17.6. The number of nitrogens with one attached hydrogen (secondary N) is 1. The third kappa shape index (κ3) is 7.01. The van der Waals surface area contributed by atoms with Gasteiger partial charge < -0.3 is 34.6 Å². The molecule has 0 aliphatic carbocycles. The van der Waals surface area contributed by atoms with Crippen LogP contribution in [-0.2, 0) is 11.2 Å². The number of likely N-dealkylation sites (N-methyl/N-ethyl adjacent to an activating group) is 1. The molecule has 0 aliphatic heterocycles. The number of aryl methyl sites for hydroxylation is 1. The van der Waals surface area contributed by atoms with Crippen LogP contribution < -0.4 is 35.3 Å². The lowest BCUT2D eigenvalue weighted by Gasteiger charge is -2.22. The molecule has 1 aromatic carbocycles. The molecule has 0 saturated carbocycles. The largest absolute Gasteiger partial charge is 0.479 e. The number of methoxy groups -OCH3 is 2. The summed E-state index contributed by atoms with van der Waals surface area (Å²) in [5.74, 6) is 1.94. The van der Waals surface area contributed by atoms with Crippen LogP contribution in [0.1, 0.15) is 18.2 Å². The number of anilines is 2. The van der Waals surface area contributed by atoms with Crippen molar-refractivity contribution in [3.63, 3.8) is 0 Å². The van der Waals surface area contributed by atoms with E-state index in [0.717, 1.165) is 11.3 Å². The van der Waals surface area contributed by atoms with Crippen LogP contribution in [-0.4, -0.2) is 57.8 Å². The molecule has 0 fully saturated rings. The second-order valence-electron chi connectivity index (χ2n) is 9.56. The summed E-state index contributed by atoms with van der Waals surface area (Å²) < 4.78 is 22.7. The minimum absolute atomic E-state index is 0.0282. The number of nitrogens with zero attached hydrogens (tertiary/aromatic N) is 3. The highest BCUT2D eigenvalue weighted by molar-refractivity contribution is 6.88.